The first-order valence-corrected chi connectivity index (χ1v) is 9.60. The highest BCUT2D eigenvalue weighted by molar-refractivity contribution is 7.14. The van der Waals surface area contributed by atoms with Gasteiger partial charge in [-0.25, -0.2) is 9.37 Å². The van der Waals surface area contributed by atoms with Gasteiger partial charge in [0.15, 0.2) is 5.13 Å². The molecule has 0 aliphatic carbocycles. The second-order valence-corrected chi connectivity index (χ2v) is 7.57. The highest BCUT2D eigenvalue weighted by Gasteiger charge is 2.18. The van der Waals surface area contributed by atoms with Crippen molar-refractivity contribution in [3.8, 4) is 22.4 Å². The Morgan fingerprint density at radius 2 is 1.63 bits per heavy atom. The standard InChI is InChI=1S/C21H21FN2O2S/c1-13(2)18(11-20(25)26)23-21-24-19(12-27-21)16-5-3-14(4-6-16)15-7-9-17(22)10-8-15/h3-10,12-13,18H,11H2,1-2H3,(H,23,24)(H,25,26). The molecule has 0 saturated carbocycles. The number of carboxylic acids is 1. The van der Waals surface area contributed by atoms with Gasteiger partial charge in [-0.05, 0) is 29.2 Å². The van der Waals surface area contributed by atoms with E-state index >= 15 is 0 Å². The Labute approximate surface area is 161 Å². The highest BCUT2D eigenvalue weighted by Crippen LogP contribution is 2.28. The number of carbonyl (C=O) groups is 1. The molecule has 6 heteroatoms. The van der Waals surface area contributed by atoms with Crippen molar-refractivity contribution in [2.75, 3.05) is 5.32 Å². The van der Waals surface area contributed by atoms with E-state index in [1.807, 2.05) is 43.5 Å². The molecule has 0 spiro atoms. The van der Waals surface area contributed by atoms with Crippen molar-refractivity contribution in [3.05, 3.63) is 59.7 Å². The van der Waals surface area contributed by atoms with E-state index in [1.165, 1.54) is 23.5 Å². The molecule has 27 heavy (non-hydrogen) atoms. The van der Waals surface area contributed by atoms with Crippen LogP contribution in [0.2, 0.25) is 0 Å². The minimum absolute atomic E-state index is 0.0545. The molecular formula is C21H21FN2O2S. The summed E-state index contributed by atoms with van der Waals surface area (Å²) in [5.74, 6) is -0.890. The van der Waals surface area contributed by atoms with Gasteiger partial charge in [0.1, 0.15) is 5.82 Å². The lowest BCUT2D eigenvalue weighted by Gasteiger charge is -2.19. The number of carboxylic acid groups (broad SMARTS) is 1. The molecule has 1 aromatic heterocycles. The van der Waals surface area contributed by atoms with E-state index in [2.05, 4.69) is 10.3 Å². The number of rotatable bonds is 7. The van der Waals surface area contributed by atoms with Crippen LogP contribution < -0.4 is 5.32 Å². The molecule has 4 nitrogen and oxygen atoms in total. The first-order chi connectivity index (χ1) is 12.9. The Kier molecular flexibility index (Phi) is 5.86. The second kappa shape index (κ2) is 8.31. The van der Waals surface area contributed by atoms with E-state index < -0.39 is 5.97 Å². The van der Waals surface area contributed by atoms with Crippen molar-refractivity contribution in [3.63, 3.8) is 0 Å². The molecule has 0 saturated heterocycles. The summed E-state index contributed by atoms with van der Waals surface area (Å²) in [6, 6.07) is 14.2. The Morgan fingerprint density at radius 1 is 1.07 bits per heavy atom. The van der Waals surface area contributed by atoms with Crippen LogP contribution in [0.3, 0.4) is 0 Å². The molecular weight excluding hydrogens is 363 g/mol. The molecule has 1 heterocycles. The van der Waals surface area contributed by atoms with E-state index in [0.29, 0.717) is 5.13 Å². The lowest BCUT2D eigenvalue weighted by atomic mass is 10.0. The van der Waals surface area contributed by atoms with Gasteiger partial charge in [0, 0.05) is 17.0 Å². The summed E-state index contributed by atoms with van der Waals surface area (Å²) in [5, 5.41) is 15.0. The molecule has 2 aromatic carbocycles. The average Bonchev–Trinajstić information content (AvgIpc) is 3.10. The van der Waals surface area contributed by atoms with Gasteiger partial charge < -0.3 is 10.4 Å². The Bertz CT molecular complexity index is 905. The number of hydrogen-bond acceptors (Lipinski definition) is 4. The fourth-order valence-electron chi connectivity index (χ4n) is 2.75. The SMILES string of the molecule is CC(C)C(CC(=O)O)Nc1nc(-c2ccc(-c3ccc(F)cc3)cc2)cs1. The number of hydrogen-bond donors (Lipinski definition) is 2. The maximum absolute atomic E-state index is 13.1. The van der Waals surface area contributed by atoms with E-state index in [1.54, 1.807) is 12.1 Å². The van der Waals surface area contributed by atoms with E-state index in [9.17, 15) is 9.18 Å². The molecule has 3 rings (SSSR count). The number of thiazole rings is 1. The third-order valence-corrected chi connectivity index (χ3v) is 5.14. The fraction of sp³-hybridized carbons (Fsp3) is 0.238. The van der Waals surface area contributed by atoms with Gasteiger partial charge in [-0.15, -0.1) is 11.3 Å². The van der Waals surface area contributed by atoms with Crippen LogP contribution in [-0.4, -0.2) is 22.1 Å². The minimum atomic E-state index is -0.825. The minimum Gasteiger partial charge on any atom is -0.481 e. The van der Waals surface area contributed by atoms with E-state index in [-0.39, 0.29) is 24.2 Å². The lowest BCUT2D eigenvalue weighted by molar-refractivity contribution is -0.137. The average molecular weight is 384 g/mol. The van der Waals surface area contributed by atoms with Crippen LogP contribution in [0.5, 0.6) is 0 Å². The first-order valence-electron chi connectivity index (χ1n) is 8.72. The number of aliphatic carboxylic acids is 1. The number of nitrogens with one attached hydrogen (secondary N) is 1. The van der Waals surface area contributed by atoms with Crippen LogP contribution in [0, 0.1) is 11.7 Å². The normalized spacial score (nSPS) is 12.1. The summed E-state index contributed by atoms with van der Waals surface area (Å²) >= 11 is 1.46. The van der Waals surface area contributed by atoms with Crippen molar-refractivity contribution >= 4 is 22.4 Å². The summed E-state index contributed by atoms with van der Waals surface area (Å²) in [5.41, 5.74) is 3.78. The summed E-state index contributed by atoms with van der Waals surface area (Å²) < 4.78 is 13.1. The quantitative estimate of drug-likeness (QED) is 0.562. The largest absolute Gasteiger partial charge is 0.481 e. The molecule has 0 bridgehead atoms. The van der Waals surface area contributed by atoms with Gasteiger partial charge >= 0.3 is 5.97 Å². The summed E-state index contributed by atoms with van der Waals surface area (Å²) in [6.07, 6.45) is 0.0545. The molecule has 1 unspecified atom stereocenters. The number of halogens is 1. The monoisotopic (exact) mass is 384 g/mol. The molecule has 0 aliphatic heterocycles. The Morgan fingerprint density at radius 3 is 2.19 bits per heavy atom. The molecule has 0 fully saturated rings. The molecule has 140 valence electrons. The lowest BCUT2D eigenvalue weighted by Crippen LogP contribution is -2.28. The zero-order chi connectivity index (χ0) is 19.4. The highest BCUT2D eigenvalue weighted by atomic mass is 32.1. The molecule has 2 N–H and O–H groups in total. The predicted octanol–water partition coefficient (Wildman–Crippen LogP) is 5.53. The fourth-order valence-corrected chi connectivity index (χ4v) is 3.53. The maximum atomic E-state index is 13.1. The van der Waals surface area contributed by atoms with Crippen LogP contribution in [0.25, 0.3) is 22.4 Å². The zero-order valence-electron chi connectivity index (χ0n) is 15.1. The Hall–Kier alpha value is -2.73. The van der Waals surface area contributed by atoms with Gasteiger partial charge in [0.05, 0.1) is 12.1 Å². The molecule has 0 amide bonds. The Balaban J connectivity index is 1.74. The van der Waals surface area contributed by atoms with Gasteiger partial charge in [0.25, 0.3) is 0 Å². The smallest absolute Gasteiger partial charge is 0.305 e. The van der Waals surface area contributed by atoms with Crippen molar-refractivity contribution < 1.29 is 14.3 Å². The van der Waals surface area contributed by atoms with Crippen LogP contribution in [0.15, 0.2) is 53.9 Å². The number of anilines is 1. The molecule has 0 radical (unpaired) electrons. The third kappa shape index (κ3) is 4.92. The van der Waals surface area contributed by atoms with Crippen LogP contribution in [0.4, 0.5) is 9.52 Å². The molecule has 1 atom stereocenters. The van der Waals surface area contributed by atoms with E-state index in [0.717, 1.165) is 22.4 Å². The maximum Gasteiger partial charge on any atom is 0.305 e. The van der Waals surface area contributed by atoms with Crippen LogP contribution >= 0.6 is 11.3 Å². The third-order valence-electron chi connectivity index (χ3n) is 4.37. The van der Waals surface area contributed by atoms with Gasteiger partial charge in [-0.3, -0.25) is 4.79 Å². The van der Waals surface area contributed by atoms with Crippen molar-refractivity contribution in [2.45, 2.75) is 26.3 Å². The number of nitrogens with zero attached hydrogens (tertiary/aromatic N) is 1. The van der Waals surface area contributed by atoms with Crippen LogP contribution in [-0.2, 0) is 4.79 Å². The van der Waals surface area contributed by atoms with Gasteiger partial charge in [-0.2, -0.15) is 0 Å². The molecule has 0 aliphatic rings. The summed E-state index contributed by atoms with van der Waals surface area (Å²) in [4.78, 5) is 15.6. The number of benzene rings is 2. The first kappa shape index (κ1) is 19.0. The van der Waals surface area contributed by atoms with Crippen LogP contribution in [0.1, 0.15) is 20.3 Å². The van der Waals surface area contributed by atoms with Gasteiger partial charge in [0.2, 0.25) is 0 Å². The summed E-state index contributed by atoms with van der Waals surface area (Å²) in [6.45, 7) is 3.98. The van der Waals surface area contributed by atoms with Crippen molar-refractivity contribution in [1.29, 1.82) is 0 Å². The van der Waals surface area contributed by atoms with Gasteiger partial charge in [-0.1, -0.05) is 50.2 Å². The topological polar surface area (TPSA) is 62.2 Å². The predicted molar refractivity (Wildman–Crippen MR) is 107 cm³/mol. The zero-order valence-corrected chi connectivity index (χ0v) is 16.0. The molecule has 3 aromatic rings. The van der Waals surface area contributed by atoms with Crippen molar-refractivity contribution in [2.24, 2.45) is 5.92 Å². The second-order valence-electron chi connectivity index (χ2n) is 6.71. The number of aromatic nitrogens is 1. The summed E-state index contributed by atoms with van der Waals surface area (Å²) in [7, 11) is 0. The van der Waals surface area contributed by atoms with Crippen molar-refractivity contribution in [1.82, 2.24) is 4.98 Å². The van der Waals surface area contributed by atoms with E-state index in [4.69, 9.17) is 5.11 Å².